The summed E-state index contributed by atoms with van der Waals surface area (Å²) >= 11 is 0. The van der Waals surface area contributed by atoms with Crippen LogP contribution in [0, 0.1) is 0 Å². The number of aliphatic hydroxyl groups is 1. The number of ether oxygens (including phenoxy) is 1. The van der Waals surface area contributed by atoms with E-state index in [0.29, 0.717) is 0 Å². The number of aromatic nitrogens is 2. The Labute approximate surface area is 89.1 Å². The van der Waals surface area contributed by atoms with E-state index < -0.39 is 24.6 Å². The summed E-state index contributed by atoms with van der Waals surface area (Å²) in [6.07, 6.45) is -4.68. The lowest BCUT2D eigenvalue weighted by Crippen LogP contribution is -2.20. The summed E-state index contributed by atoms with van der Waals surface area (Å²) in [6, 6.07) is 0.147. The molecule has 0 fully saturated rings. The van der Waals surface area contributed by atoms with E-state index in [2.05, 4.69) is 14.7 Å². The highest BCUT2D eigenvalue weighted by Crippen LogP contribution is 2.28. The smallest absolute Gasteiger partial charge is 0.451 e. The van der Waals surface area contributed by atoms with E-state index >= 15 is 0 Å². The van der Waals surface area contributed by atoms with Gasteiger partial charge in [-0.2, -0.15) is 18.2 Å². The standard InChI is InChI=1S/C8H10F3N3O2/c1-16-6-2-5(4(12)3-15)13-7(14-6)8(9,10)11/h2,4,15H,3,12H2,1H3. The first-order chi connectivity index (χ1) is 7.38. The fourth-order valence-electron chi connectivity index (χ4n) is 0.958. The van der Waals surface area contributed by atoms with Crippen LogP contribution in [0.1, 0.15) is 17.6 Å². The zero-order chi connectivity index (χ0) is 12.3. The van der Waals surface area contributed by atoms with Crippen LogP contribution in [0.15, 0.2) is 6.07 Å². The second kappa shape index (κ2) is 4.62. The molecule has 0 aliphatic rings. The van der Waals surface area contributed by atoms with E-state index in [-0.39, 0.29) is 11.6 Å². The molecule has 16 heavy (non-hydrogen) atoms. The molecule has 8 heteroatoms. The molecule has 0 saturated heterocycles. The summed E-state index contributed by atoms with van der Waals surface area (Å²) in [5, 5.41) is 8.74. The minimum atomic E-state index is -4.68. The number of nitrogens with zero attached hydrogens (tertiary/aromatic N) is 2. The molecule has 5 nitrogen and oxygen atoms in total. The summed E-state index contributed by atoms with van der Waals surface area (Å²) in [6.45, 7) is -0.516. The summed E-state index contributed by atoms with van der Waals surface area (Å²) < 4.78 is 41.7. The number of nitrogens with two attached hydrogens (primary N) is 1. The van der Waals surface area contributed by atoms with Crippen LogP contribution in [-0.2, 0) is 6.18 Å². The Hall–Kier alpha value is -1.41. The zero-order valence-electron chi connectivity index (χ0n) is 8.32. The number of halogens is 3. The second-order valence-electron chi connectivity index (χ2n) is 2.95. The minimum Gasteiger partial charge on any atom is -0.481 e. The first-order valence-electron chi connectivity index (χ1n) is 4.25. The number of aliphatic hydroxyl groups excluding tert-OH is 1. The SMILES string of the molecule is COc1cc(C(N)CO)nc(C(F)(F)F)n1. The normalized spacial score (nSPS) is 13.6. The van der Waals surface area contributed by atoms with Crippen molar-refractivity contribution in [1.82, 2.24) is 9.97 Å². The Morgan fingerprint density at radius 1 is 1.50 bits per heavy atom. The van der Waals surface area contributed by atoms with Gasteiger partial charge in [0.05, 0.1) is 25.5 Å². The quantitative estimate of drug-likeness (QED) is 0.799. The van der Waals surface area contributed by atoms with E-state index in [1.165, 1.54) is 7.11 Å². The van der Waals surface area contributed by atoms with Gasteiger partial charge in [-0.1, -0.05) is 0 Å². The van der Waals surface area contributed by atoms with Crippen LogP contribution in [0.3, 0.4) is 0 Å². The van der Waals surface area contributed by atoms with Gasteiger partial charge in [0.1, 0.15) is 0 Å². The van der Waals surface area contributed by atoms with Crippen molar-refractivity contribution in [3.8, 4) is 5.88 Å². The fraction of sp³-hybridized carbons (Fsp3) is 0.500. The summed E-state index contributed by atoms with van der Waals surface area (Å²) in [5.74, 6) is -1.59. The van der Waals surface area contributed by atoms with Crippen LogP contribution < -0.4 is 10.5 Å². The van der Waals surface area contributed by atoms with Gasteiger partial charge in [-0.3, -0.25) is 0 Å². The average molecular weight is 237 g/mol. The number of methoxy groups -OCH3 is 1. The Balaban J connectivity index is 3.21. The molecule has 0 aliphatic carbocycles. The van der Waals surface area contributed by atoms with Gasteiger partial charge in [-0.15, -0.1) is 0 Å². The van der Waals surface area contributed by atoms with Crippen LogP contribution in [0.4, 0.5) is 13.2 Å². The molecule has 0 saturated carbocycles. The van der Waals surface area contributed by atoms with Crippen LogP contribution in [0.2, 0.25) is 0 Å². The Kier molecular flexibility index (Phi) is 3.66. The molecule has 0 amide bonds. The summed E-state index contributed by atoms with van der Waals surface area (Å²) in [5.41, 5.74) is 5.24. The molecule has 1 heterocycles. The van der Waals surface area contributed by atoms with E-state index in [1.54, 1.807) is 0 Å². The molecule has 3 N–H and O–H groups in total. The number of rotatable bonds is 3. The summed E-state index contributed by atoms with van der Waals surface area (Å²) in [4.78, 5) is 6.37. The van der Waals surface area contributed by atoms with E-state index in [0.717, 1.165) is 6.07 Å². The maximum absolute atomic E-state index is 12.4. The number of alkyl halides is 3. The first kappa shape index (κ1) is 12.7. The van der Waals surface area contributed by atoms with E-state index in [9.17, 15) is 13.2 Å². The zero-order valence-corrected chi connectivity index (χ0v) is 8.32. The molecule has 0 bridgehead atoms. The van der Waals surface area contributed by atoms with Gasteiger partial charge in [-0.25, -0.2) is 4.98 Å². The molecule has 1 aromatic heterocycles. The second-order valence-corrected chi connectivity index (χ2v) is 2.95. The third kappa shape index (κ3) is 2.80. The van der Waals surface area contributed by atoms with Crippen LogP contribution in [0.25, 0.3) is 0 Å². The number of hydrogen-bond acceptors (Lipinski definition) is 5. The van der Waals surface area contributed by atoms with Crippen molar-refractivity contribution in [3.05, 3.63) is 17.6 Å². The predicted octanol–water partition coefficient (Wildman–Crippen LogP) is 0.496. The highest BCUT2D eigenvalue weighted by Gasteiger charge is 2.36. The summed E-state index contributed by atoms with van der Waals surface area (Å²) in [7, 11) is 1.18. The largest absolute Gasteiger partial charge is 0.481 e. The lowest BCUT2D eigenvalue weighted by atomic mass is 10.2. The van der Waals surface area contributed by atoms with Crippen LogP contribution in [-0.4, -0.2) is 28.8 Å². The topological polar surface area (TPSA) is 81.3 Å². The molecule has 0 aromatic carbocycles. The van der Waals surface area contributed by atoms with Crippen LogP contribution in [0.5, 0.6) is 5.88 Å². The van der Waals surface area contributed by atoms with Crippen molar-refractivity contribution >= 4 is 0 Å². The average Bonchev–Trinajstić information content (AvgIpc) is 2.26. The van der Waals surface area contributed by atoms with E-state index in [4.69, 9.17) is 10.8 Å². The lowest BCUT2D eigenvalue weighted by molar-refractivity contribution is -0.145. The molecule has 1 rings (SSSR count). The van der Waals surface area contributed by atoms with Crippen molar-refractivity contribution in [3.63, 3.8) is 0 Å². The van der Waals surface area contributed by atoms with Crippen molar-refractivity contribution in [2.24, 2.45) is 5.73 Å². The predicted molar refractivity (Wildman–Crippen MR) is 47.6 cm³/mol. The highest BCUT2D eigenvalue weighted by molar-refractivity contribution is 5.20. The lowest BCUT2D eigenvalue weighted by Gasteiger charge is -2.12. The molecular formula is C8H10F3N3O2. The van der Waals surface area contributed by atoms with Gasteiger partial charge in [0, 0.05) is 6.07 Å². The third-order valence-electron chi connectivity index (χ3n) is 1.76. The molecule has 0 radical (unpaired) electrons. The molecule has 1 unspecified atom stereocenters. The Morgan fingerprint density at radius 3 is 2.56 bits per heavy atom. The van der Waals surface area contributed by atoms with Gasteiger partial charge >= 0.3 is 6.18 Å². The molecule has 1 aromatic rings. The highest BCUT2D eigenvalue weighted by atomic mass is 19.4. The number of hydrogen-bond donors (Lipinski definition) is 2. The van der Waals surface area contributed by atoms with Crippen LogP contribution >= 0.6 is 0 Å². The van der Waals surface area contributed by atoms with Crippen molar-refractivity contribution in [1.29, 1.82) is 0 Å². The Morgan fingerprint density at radius 2 is 2.12 bits per heavy atom. The maximum Gasteiger partial charge on any atom is 0.451 e. The molecule has 90 valence electrons. The van der Waals surface area contributed by atoms with Crippen molar-refractivity contribution in [2.45, 2.75) is 12.2 Å². The minimum absolute atomic E-state index is 0.123. The monoisotopic (exact) mass is 237 g/mol. The van der Waals surface area contributed by atoms with Gasteiger partial charge in [0.15, 0.2) is 0 Å². The van der Waals surface area contributed by atoms with Crippen molar-refractivity contribution < 1.29 is 23.0 Å². The van der Waals surface area contributed by atoms with Gasteiger partial charge in [0.25, 0.3) is 0 Å². The maximum atomic E-state index is 12.4. The van der Waals surface area contributed by atoms with Crippen molar-refractivity contribution in [2.75, 3.05) is 13.7 Å². The van der Waals surface area contributed by atoms with Gasteiger partial charge in [0.2, 0.25) is 11.7 Å². The van der Waals surface area contributed by atoms with E-state index in [1.807, 2.05) is 0 Å². The fourth-order valence-corrected chi connectivity index (χ4v) is 0.958. The van der Waals surface area contributed by atoms with Gasteiger partial charge in [-0.05, 0) is 0 Å². The molecular weight excluding hydrogens is 227 g/mol. The van der Waals surface area contributed by atoms with Gasteiger partial charge < -0.3 is 15.6 Å². The Bertz CT molecular complexity index is 370. The molecule has 1 atom stereocenters. The first-order valence-corrected chi connectivity index (χ1v) is 4.25. The molecule has 0 aliphatic heterocycles. The third-order valence-corrected chi connectivity index (χ3v) is 1.76. The molecule has 0 spiro atoms.